The average molecular weight is 399 g/mol. The van der Waals surface area contributed by atoms with Crippen LogP contribution in [0.4, 0.5) is 4.79 Å². The van der Waals surface area contributed by atoms with Crippen LogP contribution < -0.4 is 10.6 Å². The molecule has 9 nitrogen and oxygen atoms in total. The summed E-state index contributed by atoms with van der Waals surface area (Å²) in [6.45, 7) is 3.94. The molecule has 0 aliphatic carbocycles. The van der Waals surface area contributed by atoms with Crippen LogP contribution in [0.25, 0.3) is 0 Å². The van der Waals surface area contributed by atoms with E-state index in [1.807, 2.05) is 13.0 Å². The van der Waals surface area contributed by atoms with E-state index in [1.165, 1.54) is 0 Å². The van der Waals surface area contributed by atoms with E-state index in [-0.39, 0.29) is 37.0 Å². The number of amides is 3. The maximum Gasteiger partial charge on any atom is 0.407 e. The fraction of sp³-hybridized carbons (Fsp3) is 0.400. The summed E-state index contributed by atoms with van der Waals surface area (Å²) in [6, 6.07) is 8.38. The fourth-order valence-electron chi connectivity index (χ4n) is 3.37. The first-order valence-corrected chi connectivity index (χ1v) is 9.55. The molecule has 1 saturated heterocycles. The number of ether oxygens (including phenoxy) is 1. The minimum absolute atomic E-state index is 0.186. The molecule has 3 amide bonds. The summed E-state index contributed by atoms with van der Waals surface area (Å²) in [6.07, 6.45) is 1.58. The smallest absolute Gasteiger partial charge is 0.407 e. The Bertz CT molecular complexity index is 867. The van der Waals surface area contributed by atoms with Gasteiger partial charge in [-0.15, -0.1) is 0 Å². The molecule has 0 radical (unpaired) electrons. The molecule has 1 aromatic heterocycles. The van der Waals surface area contributed by atoms with E-state index in [1.54, 1.807) is 42.3 Å². The number of rotatable bonds is 6. The van der Waals surface area contributed by atoms with E-state index in [0.717, 1.165) is 5.69 Å². The number of hydrogen-bond acceptors (Lipinski definition) is 5. The van der Waals surface area contributed by atoms with Gasteiger partial charge in [0.05, 0.1) is 12.6 Å². The third-order valence-corrected chi connectivity index (χ3v) is 4.69. The fourth-order valence-corrected chi connectivity index (χ4v) is 3.37. The van der Waals surface area contributed by atoms with Gasteiger partial charge in [-0.3, -0.25) is 9.59 Å². The molecule has 2 aromatic rings. The van der Waals surface area contributed by atoms with Gasteiger partial charge in [-0.25, -0.2) is 9.78 Å². The van der Waals surface area contributed by atoms with Crippen LogP contribution in [0.3, 0.4) is 0 Å². The minimum Gasteiger partial charge on any atom is -0.450 e. The van der Waals surface area contributed by atoms with Crippen LogP contribution >= 0.6 is 0 Å². The lowest BCUT2D eigenvalue weighted by Gasteiger charge is -2.23. The van der Waals surface area contributed by atoms with Crippen LogP contribution in [-0.2, 0) is 9.53 Å². The molecule has 0 unspecified atom stereocenters. The van der Waals surface area contributed by atoms with Crippen molar-refractivity contribution in [3.05, 3.63) is 53.6 Å². The quantitative estimate of drug-likeness (QED) is 0.681. The Kier molecular flexibility index (Phi) is 6.48. The Balaban J connectivity index is 1.69. The number of nitrogens with one attached hydrogen (secondary N) is 3. The molecule has 154 valence electrons. The second-order valence-electron chi connectivity index (χ2n) is 6.86. The highest BCUT2D eigenvalue weighted by molar-refractivity contribution is 5.94. The zero-order chi connectivity index (χ0) is 20.8. The molecule has 0 bridgehead atoms. The lowest BCUT2D eigenvalue weighted by molar-refractivity contribution is -0.131. The number of carbonyl (C=O) groups is 3. The number of imidazole rings is 1. The molecular weight excluding hydrogens is 374 g/mol. The van der Waals surface area contributed by atoms with Gasteiger partial charge < -0.3 is 25.3 Å². The van der Waals surface area contributed by atoms with Crippen LogP contribution in [0, 0.1) is 6.92 Å². The van der Waals surface area contributed by atoms with E-state index < -0.39 is 6.09 Å². The summed E-state index contributed by atoms with van der Waals surface area (Å²) in [4.78, 5) is 45.9. The summed E-state index contributed by atoms with van der Waals surface area (Å²) in [5.74, 6) is 0.195. The van der Waals surface area contributed by atoms with E-state index >= 15 is 0 Å². The molecule has 1 aliphatic heterocycles. The number of aromatic nitrogens is 2. The van der Waals surface area contributed by atoms with Crippen molar-refractivity contribution in [2.75, 3.05) is 19.7 Å². The third-order valence-electron chi connectivity index (χ3n) is 4.69. The summed E-state index contributed by atoms with van der Waals surface area (Å²) in [7, 11) is 0. The molecule has 1 fully saturated rings. The van der Waals surface area contributed by atoms with Gasteiger partial charge in [0.15, 0.2) is 0 Å². The minimum atomic E-state index is -0.639. The molecular formula is C20H25N5O4. The molecule has 3 rings (SSSR count). The van der Waals surface area contributed by atoms with E-state index in [4.69, 9.17) is 4.74 Å². The topological polar surface area (TPSA) is 116 Å². The number of hydrogen-bond donors (Lipinski definition) is 3. The standard InChI is InChI=1S/C20H25N5O4/c1-3-29-20(28)22-11-17(26)25-12-15(9-16(25)18-21-10-13(2)23-18)24-19(27)14-7-5-4-6-8-14/h4-8,10,15-16H,3,9,11-12H2,1-2H3,(H,21,23)(H,22,28)(H,24,27)/t15-,16+/m1/s1. The van der Waals surface area contributed by atoms with Crippen molar-refractivity contribution in [2.24, 2.45) is 0 Å². The molecule has 1 aromatic carbocycles. The van der Waals surface area contributed by atoms with Crippen LogP contribution in [-0.4, -0.2) is 58.5 Å². The predicted molar refractivity (Wildman–Crippen MR) is 105 cm³/mol. The Hall–Kier alpha value is -3.36. The predicted octanol–water partition coefficient (Wildman–Crippen LogP) is 1.54. The monoisotopic (exact) mass is 399 g/mol. The van der Waals surface area contributed by atoms with E-state index in [2.05, 4.69) is 20.6 Å². The van der Waals surface area contributed by atoms with Crippen molar-refractivity contribution in [2.45, 2.75) is 32.4 Å². The van der Waals surface area contributed by atoms with E-state index in [9.17, 15) is 14.4 Å². The van der Waals surface area contributed by atoms with Crippen LogP contribution in [0.1, 0.15) is 41.3 Å². The number of likely N-dealkylation sites (tertiary alicyclic amines) is 1. The van der Waals surface area contributed by atoms with Crippen molar-refractivity contribution in [3.8, 4) is 0 Å². The zero-order valence-electron chi connectivity index (χ0n) is 16.5. The van der Waals surface area contributed by atoms with Gasteiger partial charge in [-0.05, 0) is 32.4 Å². The van der Waals surface area contributed by atoms with Crippen molar-refractivity contribution >= 4 is 17.9 Å². The normalized spacial score (nSPS) is 18.3. The van der Waals surface area contributed by atoms with Crippen molar-refractivity contribution in [1.82, 2.24) is 25.5 Å². The Morgan fingerprint density at radius 3 is 2.69 bits per heavy atom. The summed E-state index contributed by atoms with van der Waals surface area (Å²) < 4.78 is 4.80. The number of carbonyl (C=O) groups excluding carboxylic acids is 3. The van der Waals surface area contributed by atoms with Gasteiger partial charge in [0.1, 0.15) is 12.4 Å². The number of aryl methyl sites for hydroxylation is 1. The molecule has 0 spiro atoms. The molecule has 0 saturated carbocycles. The zero-order valence-corrected chi connectivity index (χ0v) is 16.5. The molecule has 29 heavy (non-hydrogen) atoms. The highest BCUT2D eigenvalue weighted by atomic mass is 16.5. The van der Waals surface area contributed by atoms with Crippen molar-refractivity contribution < 1.29 is 19.1 Å². The maximum absolute atomic E-state index is 12.7. The van der Waals surface area contributed by atoms with Gasteiger partial charge in [0.2, 0.25) is 5.91 Å². The number of benzene rings is 1. The summed E-state index contributed by atoms with van der Waals surface area (Å²) in [5.41, 5.74) is 1.44. The molecule has 2 heterocycles. The first-order valence-electron chi connectivity index (χ1n) is 9.55. The second kappa shape index (κ2) is 9.22. The average Bonchev–Trinajstić information content (AvgIpc) is 3.33. The van der Waals surface area contributed by atoms with Gasteiger partial charge in [0.25, 0.3) is 5.91 Å². The number of H-pyrrole nitrogens is 1. The summed E-state index contributed by atoms with van der Waals surface area (Å²) >= 11 is 0. The molecule has 9 heteroatoms. The van der Waals surface area contributed by atoms with Crippen molar-refractivity contribution in [3.63, 3.8) is 0 Å². The Morgan fingerprint density at radius 2 is 2.03 bits per heavy atom. The Morgan fingerprint density at radius 1 is 1.28 bits per heavy atom. The maximum atomic E-state index is 12.7. The van der Waals surface area contributed by atoms with Gasteiger partial charge in [0, 0.05) is 30.0 Å². The first kappa shape index (κ1) is 20.4. The highest BCUT2D eigenvalue weighted by Crippen LogP contribution is 2.30. The number of aromatic amines is 1. The van der Waals surface area contributed by atoms with Crippen LogP contribution in [0.2, 0.25) is 0 Å². The molecule has 2 atom stereocenters. The Labute approximate surface area is 168 Å². The van der Waals surface area contributed by atoms with Gasteiger partial charge in [-0.2, -0.15) is 0 Å². The lowest BCUT2D eigenvalue weighted by Crippen LogP contribution is -2.42. The SMILES string of the molecule is CCOC(=O)NCC(=O)N1C[C@H](NC(=O)c2ccccc2)C[C@H]1c1ncc(C)[nH]1. The van der Waals surface area contributed by atoms with Gasteiger partial charge in [-0.1, -0.05) is 18.2 Å². The first-order chi connectivity index (χ1) is 14.0. The number of nitrogens with zero attached hydrogens (tertiary/aromatic N) is 2. The summed E-state index contributed by atoms with van der Waals surface area (Å²) in [5, 5.41) is 5.43. The van der Waals surface area contributed by atoms with Crippen molar-refractivity contribution in [1.29, 1.82) is 0 Å². The van der Waals surface area contributed by atoms with Crippen LogP contribution in [0.15, 0.2) is 36.5 Å². The largest absolute Gasteiger partial charge is 0.450 e. The lowest BCUT2D eigenvalue weighted by atomic mass is 10.1. The number of alkyl carbamates (subject to hydrolysis) is 1. The molecule has 3 N–H and O–H groups in total. The second-order valence-corrected chi connectivity index (χ2v) is 6.86. The molecule has 1 aliphatic rings. The van der Waals surface area contributed by atoms with Gasteiger partial charge >= 0.3 is 6.09 Å². The third kappa shape index (κ3) is 5.13. The van der Waals surface area contributed by atoms with E-state index in [0.29, 0.717) is 24.4 Å². The van der Waals surface area contributed by atoms with Crippen LogP contribution in [0.5, 0.6) is 0 Å². The highest BCUT2D eigenvalue weighted by Gasteiger charge is 2.38.